The Labute approximate surface area is 108 Å². The lowest BCUT2D eigenvalue weighted by atomic mass is 10.1. The van der Waals surface area contributed by atoms with Crippen LogP contribution in [0.1, 0.15) is 11.1 Å². The Morgan fingerprint density at radius 2 is 1.71 bits per heavy atom. The lowest BCUT2D eigenvalue weighted by Crippen LogP contribution is -2.03. The fraction of sp³-hybridized carbons (Fsp3) is 0.167. The molecule has 0 fully saturated rings. The number of nitrogens with two attached hydrogens (primary N) is 1. The van der Waals surface area contributed by atoms with Crippen LogP contribution in [0.25, 0.3) is 0 Å². The molecule has 3 N–H and O–H groups in total. The van der Waals surface area contributed by atoms with Gasteiger partial charge in [-0.1, -0.05) is 15.9 Å². The lowest BCUT2D eigenvalue weighted by molar-refractivity contribution is 1.20. The number of nitrogens with zero attached hydrogens (tertiary/aromatic N) is 2. The largest absolute Gasteiger partial charge is 0.381 e. The summed E-state index contributed by atoms with van der Waals surface area (Å²) in [5.74, 6) is 0.982. The Kier molecular flexibility index (Phi) is 3.28. The van der Waals surface area contributed by atoms with Crippen molar-refractivity contribution in [3.63, 3.8) is 0 Å². The molecule has 0 spiro atoms. The standard InChI is InChI=1S/C12H13BrN4/c1-7-5-9(13)6-8(2)10(7)17-12-11(14)15-3-4-16-12/h3-6H,1-2H3,(H2,14,15)(H,16,17). The first-order valence-corrected chi connectivity index (χ1v) is 5.97. The Morgan fingerprint density at radius 1 is 1.12 bits per heavy atom. The first kappa shape index (κ1) is 11.9. The zero-order valence-corrected chi connectivity index (χ0v) is 11.2. The summed E-state index contributed by atoms with van der Waals surface area (Å²) < 4.78 is 1.06. The molecule has 0 aliphatic heterocycles. The molecule has 0 radical (unpaired) electrons. The van der Waals surface area contributed by atoms with Crippen LogP contribution in [0.15, 0.2) is 29.0 Å². The fourth-order valence-electron chi connectivity index (χ4n) is 1.67. The molecule has 0 amide bonds. The molecule has 1 aromatic heterocycles. The second-order valence-electron chi connectivity index (χ2n) is 3.83. The molecule has 0 unspecified atom stereocenters. The van der Waals surface area contributed by atoms with Crippen molar-refractivity contribution in [1.82, 2.24) is 9.97 Å². The van der Waals surface area contributed by atoms with Crippen LogP contribution in [0, 0.1) is 13.8 Å². The quantitative estimate of drug-likeness (QED) is 0.892. The van der Waals surface area contributed by atoms with Crippen molar-refractivity contribution >= 4 is 33.3 Å². The van der Waals surface area contributed by atoms with E-state index in [0.717, 1.165) is 21.3 Å². The van der Waals surface area contributed by atoms with Crippen molar-refractivity contribution in [2.75, 3.05) is 11.1 Å². The van der Waals surface area contributed by atoms with Crippen LogP contribution < -0.4 is 11.1 Å². The van der Waals surface area contributed by atoms with Crippen molar-refractivity contribution in [3.8, 4) is 0 Å². The number of hydrogen-bond donors (Lipinski definition) is 2. The van der Waals surface area contributed by atoms with Crippen LogP contribution >= 0.6 is 15.9 Å². The van der Waals surface area contributed by atoms with Crippen molar-refractivity contribution in [1.29, 1.82) is 0 Å². The highest BCUT2D eigenvalue weighted by atomic mass is 79.9. The molecule has 17 heavy (non-hydrogen) atoms. The number of anilines is 3. The molecule has 2 rings (SSSR count). The highest BCUT2D eigenvalue weighted by Gasteiger charge is 2.07. The van der Waals surface area contributed by atoms with Gasteiger partial charge in [-0.2, -0.15) is 0 Å². The van der Waals surface area contributed by atoms with E-state index in [1.165, 1.54) is 0 Å². The maximum atomic E-state index is 5.75. The summed E-state index contributed by atoms with van der Waals surface area (Å²) in [4.78, 5) is 8.16. The average molecular weight is 293 g/mol. The minimum atomic E-state index is 0.397. The Bertz CT molecular complexity index is 531. The van der Waals surface area contributed by atoms with Gasteiger partial charge in [0.05, 0.1) is 0 Å². The van der Waals surface area contributed by atoms with Crippen LogP contribution in [0.3, 0.4) is 0 Å². The van der Waals surface area contributed by atoms with Crippen LogP contribution in [-0.2, 0) is 0 Å². The number of aromatic nitrogens is 2. The summed E-state index contributed by atoms with van der Waals surface area (Å²) in [6.07, 6.45) is 3.18. The molecule has 0 aliphatic rings. The molecule has 0 aliphatic carbocycles. The number of halogens is 1. The molecular formula is C12H13BrN4. The summed E-state index contributed by atoms with van der Waals surface area (Å²) in [7, 11) is 0. The highest BCUT2D eigenvalue weighted by molar-refractivity contribution is 9.10. The molecule has 2 aromatic rings. The fourth-order valence-corrected chi connectivity index (χ4v) is 2.36. The van der Waals surface area contributed by atoms with Crippen LogP contribution in [0.4, 0.5) is 17.3 Å². The topological polar surface area (TPSA) is 63.8 Å². The molecule has 88 valence electrons. The smallest absolute Gasteiger partial charge is 0.173 e. The van der Waals surface area contributed by atoms with Crippen molar-refractivity contribution in [3.05, 3.63) is 40.1 Å². The van der Waals surface area contributed by atoms with Crippen molar-refractivity contribution in [2.45, 2.75) is 13.8 Å². The first-order valence-electron chi connectivity index (χ1n) is 5.18. The van der Waals surface area contributed by atoms with Crippen LogP contribution in [0.5, 0.6) is 0 Å². The zero-order chi connectivity index (χ0) is 12.4. The molecule has 0 bridgehead atoms. The van der Waals surface area contributed by atoms with Gasteiger partial charge in [-0.3, -0.25) is 0 Å². The van der Waals surface area contributed by atoms with E-state index in [4.69, 9.17) is 5.73 Å². The SMILES string of the molecule is Cc1cc(Br)cc(C)c1Nc1nccnc1N. The van der Waals surface area contributed by atoms with E-state index in [2.05, 4.69) is 31.2 Å². The number of aryl methyl sites for hydroxylation is 2. The molecule has 0 saturated heterocycles. The maximum Gasteiger partial charge on any atom is 0.173 e. The Hall–Kier alpha value is -1.62. The molecular weight excluding hydrogens is 280 g/mol. The third-order valence-electron chi connectivity index (χ3n) is 2.47. The van der Waals surface area contributed by atoms with Gasteiger partial charge in [-0.25, -0.2) is 9.97 Å². The van der Waals surface area contributed by atoms with Gasteiger partial charge in [0.15, 0.2) is 11.6 Å². The van der Waals surface area contributed by atoms with Crippen molar-refractivity contribution < 1.29 is 0 Å². The third-order valence-corrected chi connectivity index (χ3v) is 2.93. The molecule has 1 heterocycles. The number of benzene rings is 1. The second kappa shape index (κ2) is 4.71. The monoisotopic (exact) mass is 292 g/mol. The van der Waals surface area contributed by atoms with Crippen molar-refractivity contribution in [2.24, 2.45) is 0 Å². The summed E-state index contributed by atoms with van der Waals surface area (Å²) in [5, 5.41) is 3.22. The van der Waals surface area contributed by atoms with Gasteiger partial charge in [-0.05, 0) is 37.1 Å². The second-order valence-corrected chi connectivity index (χ2v) is 4.75. The van der Waals surface area contributed by atoms with Crippen LogP contribution in [-0.4, -0.2) is 9.97 Å². The Balaban J connectivity index is 2.40. The van der Waals surface area contributed by atoms with Gasteiger partial charge < -0.3 is 11.1 Å². The number of nitrogens with one attached hydrogen (secondary N) is 1. The van der Waals surface area contributed by atoms with Gasteiger partial charge >= 0.3 is 0 Å². The van der Waals surface area contributed by atoms with E-state index in [-0.39, 0.29) is 0 Å². The van der Waals surface area contributed by atoms with Gasteiger partial charge in [0.1, 0.15) is 0 Å². The third kappa shape index (κ3) is 2.55. The van der Waals surface area contributed by atoms with Gasteiger partial charge in [0, 0.05) is 22.6 Å². The maximum absolute atomic E-state index is 5.75. The van der Waals surface area contributed by atoms with E-state index in [0.29, 0.717) is 11.6 Å². The first-order chi connectivity index (χ1) is 8.08. The summed E-state index contributed by atoms with van der Waals surface area (Å²) in [5.41, 5.74) is 9.02. The van der Waals surface area contributed by atoms with E-state index < -0.39 is 0 Å². The van der Waals surface area contributed by atoms with E-state index in [1.54, 1.807) is 12.4 Å². The summed E-state index contributed by atoms with van der Waals surface area (Å²) in [6, 6.07) is 4.09. The lowest BCUT2D eigenvalue weighted by Gasteiger charge is -2.13. The van der Waals surface area contributed by atoms with E-state index in [9.17, 15) is 0 Å². The normalized spacial score (nSPS) is 10.3. The molecule has 5 heteroatoms. The number of nitrogen functional groups attached to an aromatic ring is 1. The van der Waals surface area contributed by atoms with E-state index in [1.807, 2.05) is 26.0 Å². The van der Waals surface area contributed by atoms with Crippen LogP contribution in [0.2, 0.25) is 0 Å². The minimum absolute atomic E-state index is 0.397. The summed E-state index contributed by atoms with van der Waals surface area (Å²) >= 11 is 3.47. The van der Waals surface area contributed by atoms with Gasteiger partial charge in [-0.15, -0.1) is 0 Å². The molecule has 4 nitrogen and oxygen atoms in total. The van der Waals surface area contributed by atoms with Gasteiger partial charge in [0.2, 0.25) is 0 Å². The molecule has 0 atom stereocenters. The number of hydrogen-bond acceptors (Lipinski definition) is 4. The summed E-state index contributed by atoms with van der Waals surface area (Å²) in [6.45, 7) is 4.07. The highest BCUT2D eigenvalue weighted by Crippen LogP contribution is 2.28. The van der Waals surface area contributed by atoms with E-state index >= 15 is 0 Å². The minimum Gasteiger partial charge on any atom is -0.381 e. The van der Waals surface area contributed by atoms with Gasteiger partial charge in [0.25, 0.3) is 0 Å². The molecule has 0 saturated carbocycles. The molecule has 1 aromatic carbocycles. The Morgan fingerprint density at radius 3 is 2.29 bits per heavy atom. The predicted octanol–water partition coefficient (Wildman–Crippen LogP) is 3.18. The number of rotatable bonds is 2. The average Bonchev–Trinajstić information content (AvgIpc) is 2.25. The zero-order valence-electron chi connectivity index (χ0n) is 9.66. The predicted molar refractivity (Wildman–Crippen MR) is 73.3 cm³/mol.